The Morgan fingerprint density at radius 1 is 1.28 bits per heavy atom. The quantitative estimate of drug-likeness (QED) is 0.834. The average molecular weight is 247 g/mol. The third kappa shape index (κ3) is 3.26. The molecule has 1 aromatic rings. The maximum Gasteiger partial charge on any atom is 0.122 e. The van der Waals surface area contributed by atoms with Crippen molar-refractivity contribution in [2.45, 2.75) is 33.1 Å². The van der Waals surface area contributed by atoms with Crippen molar-refractivity contribution in [3.05, 3.63) is 29.3 Å². The summed E-state index contributed by atoms with van der Waals surface area (Å²) in [5.74, 6) is 2.60. The Balaban J connectivity index is 1.86. The minimum atomic E-state index is 0.743. The van der Waals surface area contributed by atoms with Crippen molar-refractivity contribution >= 4 is 0 Å². The molecule has 1 N–H and O–H groups in total. The summed E-state index contributed by atoms with van der Waals surface area (Å²) in [6, 6.07) is 6.69. The molecule has 1 aliphatic rings. The van der Waals surface area contributed by atoms with Crippen molar-refractivity contribution in [2.24, 2.45) is 11.8 Å². The van der Waals surface area contributed by atoms with Gasteiger partial charge >= 0.3 is 0 Å². The van der Waals surface area contributed by atoms with Gasteiger partial charge in [-0.05, 0) is 55.5 Å². The first-order valence-electron chi connectivity index (χ1n) is 7.10. The maximum atomic E-state index is 5.54. The van der Waals surface area contributed by atoms with Gasteiger partial charge in [-0.1, -0.05) is 26.0 Å². The van der Waals surface area contributed by atoms with E-state index in [9.17, 15) is 0 Å². The molecule has 2 nitrogen and oxygen atoms in total. The molecule has 1 aliphatic heterocycles. The predicted octanol–water partition coefficient (Wildman–Crippen LogP) is 3.05. The van der Waals surface area contributed by atoms with E-state index < -0.39 is 0 Å². The first kappa shape index (κ1) is 13.4. The van der Waals surface area contributed by atoms with Crippen molar-refractivity contribution < 1.29 is 4.74 Å². The van der Waals surface area contributed by atoms with Crippen molar-refractivity contribution in [3.63, 3.8) is 0 Å². The fourth-order valence-electron chi connectivity index (χ4n) is 2.60. The molecular formula is C16H25NO. The van der Waals surface area contributed by atoms with Gasteiger partial charge in [0.1, 0.15) is 5.75 Å². The highest BCUT2D eigenvalue weighted by molar-refractivity contribution is 5.39. The molecule has 2 unspecified atom stereocenters. The summed E-state index contributed by atoms with van der Waals surface area (Å²) >= 11 is 0. The van der Waals surface area contributed by atoms with Crippen LogP contribution in [0.25, 0.3) is 0 Å². The lowest BCUT2D eigenvalue weighted by Crippen LogP contribution is -2.22. The number of rotatable bonds is 6. The van der Waals surface area contributed by atoms with Gasteiger partial charge in [0.25, 0.3) is 0 Å². The zero-order chi connectivity index (χ0) is 13.0. The first-order chi connectivity index (χ1) is 8.70. The van der Waals surface area contributed by atoms with Gasteiger partial charge in [0.2, 0.25) is 0 Å². The average Bonchev–Trinajstić information content (AvgIpc) is 2.83. The van der Waals surface area contributed by atoms with E-state index in [1.165, 1.54) is 24.0 Å². The van der Waals surface area contributed by atoms with Crippen LogP contribution in [0.5, 0.6) is 5.75 Å². The second-order valence-electron chi connectivity index (χ2n) is 5.59. The molecule has 0 radical (unpaired) electrons. The smallest absolute Gasteiger partial charge is 0.122 e. The molecule has 2 atom stereocenters. The van der Waals surface area contributed by atoms with Gasteiger partial charge in [-0.2, -0.15) is 0 Å². The molecule has 0 aliphatic carbocycles. The Morgan fingerprint density at radius 3 is 2.89 bits per heavy atom. The molecule has 100 valence electrons. The SMILES string of the molecule is CNCC(C)C(C)CCc1ccc2c(c1)CCO2. The first-order valence-corrected chi connectivity index (χ1v) is 7.10. The van der Waals surface area contributed by atoms with E-state index in [1.54, 1.807) is 0 Å². The van der Waals surface area contributed by atoms with Crippen molar-refractivity contribution in [1.82, 2.24) is 5.32 Å². The lowest BCUT2D eigenvalue weighted by Gasteiger charge is -2.19. The largest absolute Gasteiger partial charge is 0.493 e. The lowest BCUT2D eigenvalue weighted by molar-refractivity contribution is 0.355. The van der Waals surface area contributed by atoms with Crippen LogP contribution in [0.3, 0.4) is 0 Å². The molecule has 18 heavy (non-hydrogen) atoms. The Morgan fingerprint density at radius 2 is 2.11 bits per heavy atom. The Kier molecular flexibility index (Phi) is 4.65. The van der Waals surface area contributed by atoms with E-state index in [2.05, 4.69) is 37.4 Å². The highest BCUT2D eigenvalue weighted by Gasteiger charge is 2.14. The van der Waals surface area contributed by atoms with Crippen LogP contribution in [0.15, 0.2) is 18.2 Å². The number of hydrogen-bond acceptors (Lipinski definition) is 2. The Bertz CT molecular complexity index is 389. The lowest BCUT2D eigenvalue weighted by atomic mass is 9.89. The van der Waals surface area contributed by atoms with Gasteiger partial charge in [-0.25, -0.2) is 0 Å². The standard InChI is InChI=1S/C16H25NO/c1-12(13(2)11-17-3)4-5-14-6-7-16-15(10-14)8-9-18-16/h6-7,10,12-13,17H,4-5,8-9,11H2,1-3H3. The van der Waals surface area contributed by atoms with Crippen LogP contribution in [0.2, 0.25) is 0 Å². The molecule has 1 heterocycles. The van der Waals surface area contributed by atoms with Crippen molar-refractivity contribution in [3.8, 4) is 5.75 Å². The second-order valence-corrected chi connectivity index (χ2v) is 5.59. The second kappa shape index (κ2) is 6.24. The molecule has 2 heteroatoms. The van der Waals surface area contributed by atoms with Gasteiger partial charge in [-0.3, -0.25) is 0 Å². The van der Waals surface area contributed by atoms with E-state index >= 15 is 0 Å². The van der Waals surface area contributed by atoms with Gasteiger partial charge in [0, 0.05) is 6.42 Å². The fourth-order valence-corrected chi connectivity index (χ4v) is 2.60. The molecule has 0 fully saturated rings. The van der Waals surface area contributed by atoms with E-state index in [0.717, 1.165) is 37.2 Å². The number of benzene rings is 1. The highest BCUT2D eigenvalue weighted by atomic mass is 16.5. The number of nitrogens with one attached hydrogen (secondary N) is 1. The van der Waals surface area contributed by atoms with Crippen LogP contribution < -0.4 is 10.1 Å². The molecule has 0 spiro atoms. The summed E-state index contributed by atoms with van der Waals surface area (Å²) in [5, 5.41) is 3.26. The zero-order valence-corrected chi connectivity index (χ0v) is 11.8. The molecule has 0 saturated heterocycles. The molecule has 2 rings (SSSR count). The van der Waals surface area contributed by atoms with Crippen molar-refractivity contribution in [1.29, 1.82) is 0 Å². The summed E-state index contributed by atoms with van der Waals surface area (Å²) in [4.78, 5) is 0. The van der Waals surface area contributed by atoms with Crippen LogP contribution in [0.4, 0.5) is 0 Å². The molecule has 0 saturated carbocycles. The third-order valence-corrected chi connectivity index (χ3v) is 4.14. The summed E-state index contributed by atoms with van der Waals surface area (Å²) in [5.41, 5.74) is 2.85. The van der Waals surface area contributed by atoms with Crippen LogP contribution >= 0.6 is 0 Å². The van der Waals surface area contributed by atoms with Crippen LogP contribution in [-0.2, 0) is 12.8 Å². The topological polar surface area (TPSA) is 21.3 Å². The number of fused-ring (bicyclic) bond motifs is 1. The van der Waals surface area contributed by atoms with E-state index in [1.807, 2.05) is 7.05 Å². The zero-order valence-electron chi connectivity index (χ0n) is 11.8. The van der Waals surface area contributed by atoms with Crippen LogP contribution in [-0.4, -0.2) is 20.2 Å². The predicted molar refractivity (Wildman–Crippen MR) is 76.2 cm³/mol. The van der Waals surface area contributed by atoms with Gasteiger partial charge in [0.15, 0.2) is 0 Å². The van der Waals surface area contributed by atoms with Gasteiger partial charge in [-0.15, -0.1) is 0 Å². The third-order valence-electron chi connectivity index (χ3n) is 4.14. The fraction of sp³-hybridized carbons (Fsp3) is 0.625. The minimum Gasteiger partial charge on any atom is -0.493 e. The van der Waals surface area contributed by atoms with Crippen LogP contribution in [0, 0.1) is 11.8 Å². The number of ether oxygens (including phenoxy) is 1. The number of aryl methyl sites for hydroxylation is 1. The summed E-state index contributed by atoms with van der Waals surface area (Å²) in [7, 11) is 2.03. The summed E-state index contributed by atoms with van der Waals surface area (Å²) in [6.07, 6.45) is 3.53. The molecule has 0 aromatic heterocycles. The Labute approximate surface area is 111 Å². The van der Waals surface area contributed by atoms with E-state index in [4.69, 9.17) is 4.74 Å². The van der Waals surface area contributed by atoms with E-state index in [-0.39, 0.29) is 0 Å². The van der Waals surface area contributed by atoms with Gasteiger partial charge in [0.05, 0.1) is 6.61 Å². The molecule has 0 amide bonds. The summed E-state index contributed by atoms with van der Waals surface area (Å²) in [6.45, 7) is 6.66. The maximum absolute atomic E-state index is 5.54. The highest BCUT2D eigenvalue weighted by Crippen LogP contribution is 2.27. The van der Waals surface area contributed by atoms with Crippen molar-refractivity contribution in [2.75, 3.05) is 20.2 Å². The monoisotopic (exact) mass is 247 g/mol. The minimum absolute atomic E-state index is 0.743. The van der Waals surface area contributed by atoms with Gasteiger partial charge < -0.3 is 10.1 Å². The Hall–Kier alpha value is -1.02. The molecule has 1 aromatic carbocycles. The normalized spacial score (nSPS) is 17.1. The molecule has 0 bridgehead atoms. The van der Waals surface area contributed by atoms with Crippen LogP contribution in [0.1, 0.15) is 31.4 Å². The summed E-state index contributed by atoms with van der Waals surface area (Å²) < 4.78 is 5.54. The number of hydrogen-bond donors (Lipinski definition) is 1. The van der Waals surface area contributed by atoms with E-state index in [0.29, 0.717) is 0 Å². The molecular weight excluding hydrogens is 222 g/mol.